The highest BCUT2D eigenvalue weighted by molar-refractivity contribution is 7.80. The van der Waals surface area contributed by atoms with E-state index in [2.05, 4.69) is 17.6 Å². The van der Waals surface area contributed by atoms with Gasteiger partial charge in [0, 0.05) is 11.9 Å². The predicted octanol–water partition coefficient (Wildman–Crippen LogP) is -1.61. The van der Waals surface area contributed by atoms with Crippen molar-refractivity contribution in [2.24, 2.45) is 0 Å². The number of aliphatic hydroxyl groups excluding tert-OH is 2. The first-order chi connectivity index (χ1) is 6.56. The molecule has 0 amide bonds. The molecule has 0 aliphatic carbocycles. The van der Waals surface area contributed by atoms with Crippen LogP contribution < -0.4 is 11.2 Å². The van der Waals surface area contributed by atoms with Crippen molar-refractivity contribution < 1.29 is 10.2 Å². The quantitative estimate of drug-likeness (QED) is 0.393. The summed E-state index contributed by atoms with van der Waals surface area (Å²) in [5.74, 6) is 0.0136. The molecule has 2 unspecified atom stereocenters. The highest BCUT2D eigenvalue weighted by atomic mass is 32.1. The Morgan fingerprint density at radius 1 is 1.43 bits per heavy atom. The second-order valence-electron chi connectivity index (χ2n) is 2.72. The summed E-state index contributed by atoms with van der Waals surface area (Å²) in [5, 5.41) is 18.6. The van der Waals surface area contributed by atoms with Crippen molar-refractivity contribution in [2.45, 2.75) is 12.2 Å². The second kappa shape index (κ2) is 4.45. The molecular weight excluding hydrogens is 208 g/mol. The van der Waals surface area contributed by atoms with Gasteiger partial charge >= 0.3 is 5.69 Å². The molecule has 1 aromatic heterocycles. The van der Waals surface area contributed by atoms with Crippen molar-refractivity contribution in [1.29, 1.82) is 0 Å². The summed E-state index contributed by atoms with van der Waals surface area (Å²) in [4.78, 5) is 25.9. The molecule has 1 heterocycles. The minimum atomic E-state index is -1.35. The zero-order chi connectivity index (χ0) is 10.7. The van der Waals surface area contributed by atoms with Gasteiger partial charge in [-0.2, -0.15) is 12.6 Å². The van der Waals surface area contributed by atoms with Crippen LogP contribution in [0.1, 0.15) is 11.7 Å². The molecule has 14 heavy (non-hydrogen) atoms. The van der Waals surface area contributed by atoms with Gasteiger partial charge in [0.25, 0.3) is 5.56 Å². The van der Waals surface area contributed by atoms with Crippen LogP contribution in [0, 0.1) is 0 Å². The fourth-order valence-electron chi connectivity index (χ4n) is 0.947. The highest BCUT2D eigenvalue weighted by Crippen LogP contribution is 2.11. The molecule has 1 rings (SSSR count). The number of aromatic amines is 2. The average molecular weight is 218 g/mol. The highest BCUT2D eigenvalue weighted by Gasteiger charge is 2.19. The topological polar surface area (TPSA) is 106 Å². The number of hydrogen-bond acceptors (Lipinski definition) is 5. The van der Waals surface area contributed by atoms with E-state index in [4.69, 9.17) is 0 Å². The van der Waals surface area contributed by atoms with E-state index in [0.717, 1.165) is 6.20 Å². The van der Waals surface area contributed by atoms with Gasteiger partial charge in [-0.1, -0.05) is 0 Å². The first kappa shape index (κ1) is 11.0. The van der Waals surface area contributed by atoms with Crippen LogP contribution in [0.25, 0.3) is 0 Å². The predicted molar refractivity (Wildman–Crippen MR) is 52.5 cm³/mol. The molecule has 1 aromatic rings. The third kappa shape index (κ3) is 2.25. The molecule has 0 fully saturated rings. The number of aromatic nitrogens is 2. The van der Waals surface area contributed by atoms with Crippen LogP contribution in [0.15, 0.2) is 15.8 Å². The van der Waals surface area contributed by atoms with Crippen LogP contribution in [0.4, 0.5) is 0 Å². The SMILES string of the molecule is O=c1[nH]cc(C(O)C(O)CS)c(=O)[nH]1. The minimum absolute atomic E-state index is 0.0136. The number of aliphatic hydroxyl groups is 2. The van der Waals surface area contributed by atoms with Crippen LogP contribution in [-0.4, -0.2) is 32.0 Å². The standard InChI is InChI=1S/C7H10N2O4S/c10-4(2-14)5(11)3-1-8-7(13)9-6(3)12/h1,4-5,10-11,14H,2H2,(H2,8,9,12,13). The molecule has 4 N–H and O–H groups in total. The number of H-pyrrole nitrogens is 2. The van der Waals surface area contributed by atoms with Crippen LogP contribution in [-0.2, 0) is 0 Å². The molecule has 0 saturated heterocycles. The van der Waals surface area contributed by atoms with Gasteiger partial charge < -0.3 is 15.2 Å². The molecule has 0 aromatic carbocycles. The molecule has 0 aliphatic rings. The zero-order valence-electron chi connectivity index (χ0n) is 7.10. The summed E-state index contributed by atoms with van der Waals surface area (Å²) in [7, 11) is 0. The second-order valence-corrected chi connectivity index (χ2v) is 3.09. The lowest BCUT2D eigenvalue weighted by Gasteiger charge is -2.14. The Balaban J connectivity index is 3.08. The Morgan fingerprint density at radius 3 is 2.57 bits per heavy atom. The Bertz CT molecular complexity index is 413. The van der Waals surface area contributed by atoms with Crippen molar-refractivity contribution >= 4 is 12.6 Å². The molecule has 6 nitrogen and oxygen atoms in total. The van der Waals surface area contributed by atoms with Crippen LogP contribution >= 0.6 is 12.6 Å². The largest absolute Gasteiger partial charge is 0.389 e. The molecule has 0 aliphatic heterocycles. The molecule has 0 saturated carbocycles. The Labute approximate surface area is 84.0 Å². The third-order valence-electron chi connectivity index (χ3n) is 1.72. The van der Waals surface area contributed by atoms with Crippen molar-refractivity contribution in [3.05, 3.63) is 32.6 Å². The zero-order valence-corrected chi connectivity index (χ0v) is 7.99. The Morgan fingerprint density at radius 2 is 2.07 bits per heavy atom. The molecule has 78 valence electrons. The summed E-state index contributed by atoms with van der Waals surface area (Å²) in [5.41, 5.74) is -1.47. The van der Waals surface area contributed by atoms with Gasteiger partial charge in [-0.05, 0) is 0 Å². The first-order valence-electron chi connectivity index (χ1n) is 3.85. The Hall–Kier alpha value is -1.05. The van der Waals surface area contributed by atoms with E-state index in [0.29, 0.717) is 0 Å². The number of thiol groups is 1. The monoisotopic (exact) mass is 218 g/mol. The van der Waals surface area contributed by atoms with Crippen molar-refractivity contribution in [1.82, 2.24) is 9.97 Å². The number of rotatable bonds is 3. The van der Waals surface area contributed by atoms with E-state index in [9.17, 15) is 19.8 Å². The molecule has 2 atom stereocenters. The summed E-state index contributed by atoms with van der Waals surface area (Å²) in [6.07, 6.45) is -1.43. The van der Waals surface area contributed by atoms with Gasteiger partial charge in [0.2, 0.25) is 0 Å². The lowest BCUT2D eigenvalue weighted by Crippen LogP contribution is -2.31. The summed E-state index contributed by atoms with van der Waals surface area (Å²) in [6, 6.07) is 0. The van der Waals surface area contributed by atoms with Crippen molar-refractivity contribution in [3.63, 3.8) is 0 Å². The van der Waals surface area contributed by atoms with Crippen LogP contribution in [0.5, 0.6) is 0 Å². The smallest absolute Gasteiger partial charge is 0.325 e. The fourth-order valence-corrected chi connectivity index (χ4v) is 1.15. The first-order valence-corrected chi connectivity index (χ1v) is 4.48. The van der Waals surface area contributed by atoms with E-state index < -0.39 is 23.5 Å². The minimum Gasteiger partial charge on any atom is -0.389 e. The maximum absolute atomic E-state index is 11.1. The normalized spacial score (nSPS) is 15.1. The van der Waals surface area contributed by atoms with E-state index in [-0.39, 0.29) is 11.3 Å². The van der Waals surface area contributed by atoms with Gasteiger partial charge in [0.1, 0.15) is 6.10 Å². The molecule has 0 spiro atoms. The van der Waals surface area contributed by atoms with Gasteiger partial charge in [0.15, 0.2) is 0 Å². The third-order valence-corrected chi connectivity index (χ3v) is 2.09. The molecule has 0 bridgehead atoms. The maximum Gasteiger partial charge on any atom is 0.325 e. The van der Waals surface area contributed by atoms with E-state index in [1.165, 1.54) is 0 Å². The average Bonchev–Trinajstić information content (AvgIpc) is 2.15. The van der Waals surface area contributed by atoms with E-state index in [1.807, 2.05) is 4.98 Å². The van der Waals surface area contributed by atoms with E-state index in [1.54, 1.807) is 0 Å². The lowest BCUT2D eigenvalue weighted by atomic mass is 10.1. The summed E-state index contributed by atoms with van der Waals surface area (Å²) < 4.78 is 0. The van der Waals surface area contributed by atoms with Crippen molar-refractivity contribution in [3.8, 4) is 0 Å². The van der Waals surface area contributed by atoms with Crippen LogP contribution in [0.3, 0.4) is 0 Å². The fraction of sp³-hybridized carbons (Fsp3) is 0.429. The molecule has 0 radical (unpaired) electrons. The molecule has 7 heteroatoms. The lowest BCUT2D eigenvalue weighted by molar-refractivity contribution is 0.0326. The number of nitrogens with one attached hydrogen (secondary N) is 2. The molecular formula is C7H10N2O4S. The van der Waals surface area contributed by atoms with E-state index >= 15 is 0 Å². The van der Waals surface area contributed by atoms with Gasteiger partial charge in [-0.25, -0.2) is 4.79 Å². The summed E-state index contributed by atoms with van der Waals surface area (Å²) >= 11 is 3.77. The number of hydrogen-bond donors (Lipinski definition) is 5. The van der Waals surface area contributed by atoms with Crippen molar-refractivity contribution in [2.75, 3.05) is 5.75 Å². The van der Waals surface area contributed by atoms with Gasteiger partial charge in [0.05, 0.1) is 11.7 Å². The maximum atomic E-state index is 11.1. The van der Waals surface area contributed by atoms with Gasteiger partial charge in [-0.15, -0.1) is 0 Å². The van der Waals surface area contributed by atoms with Crippen LogP contribution in [0.2, 0.25) is 0 Å². The van der Waals surface area contributed by atoms with Gasteiger partial charge in [-0.3, -0.25) is 9.78 Å². The summed E-state index contributed by atoms with van der Waals surface area (Å²) in [6.45, 7) is 0. The Kier molecular flexibility index (Phi) is 3.50.